The number of piperazine rings is 1. The largest absolute Gasteiger partial charge is 0.445 e. The second-order valence-electron chi connectivity index (χ2n) is 12.7. The lowest BCUT2D eigenvalue weighted by molar-refractivity contribution is -0.165. The monoisotopic (exact) mass is 624 g/mol. The van der Waals surface area contributed by atoms with Crippen molar-refractivity contribution in [2.24, 2.45) is 0 Å². The number of alkyl carbamates (subject to hydrolysis) is 1. The molecule has 46 heavy (non-hydrogen) atoms. The van der Waals surface area contributed by atoms with E-state index >= 15 is 0 Å². The van der Waals surface area contributed by atoms with Gasteiger partial charge in [-0.3, -0.25) is 9.59 Å². The van der Waals surface area contributed by atoms with E-state index < -0.39 is 17.7 Å². The molecule has 0 bridgehead atoms. The molecule has 8 nitrogen and oxygen atoms in total. The first-order valence-corrected chi connectivity index (χ1v) is 16.8. The van der Waals surface area contributed by atoms with Gasteiger partial charge in [0.1, 0.15) is 18.2 Å². The predicted octanol–water partition coefficient (Wildman–Crippen LogP) is 5.51. The summed E-state index contributed by atoms with van der Waals surface area (Å²) in [6.45, 7) is 5.28. The minimum atomic E-state index is -0.822. The van der Waals surface area contributed by atoms with Crippen LogP contribution in [-0.4, -0.2) is 71.5 Å². The van der Waals surface area contributed by atoms with Gasteiger partial charge in [-0.1, -0.05) is 91.0 Å². The van der Waals surface area contributed by atoms with Crippen LogP contribution in [-0.2, 0) is 33.8 Å². The molecule has 0 aliphatic carbocycles. The lowest BCUT2D eigenvalue weighted by atomic mass is 9.79. The highest BCUT2D eigenvalue weighted by Gasteiger charge is 2.54. The van der Waals surface area contributed by atoms with E-state index in [0.29, 0.717) is 38.6 Å². The molecule has 1 unspecified atom stereocenters. The van der Waals surface area contributed by atoms with Crippen LogP contribution in [0.5, 0.6) is 0 Å². The Kier molecular flexibility index (Phi) is 11.8. The molecule has 2 aliphatic heterocycles. The molecule has 0 saturated carbocycles. The summed E-state index contributed by atoms with van der Waals surface area (Å²) in [4.78, 5) is 44.7. The Balaban J connectivity index is 1.16. The van der Waals surface area contributed by atoms with Crippen LogP contribution >= 0.6 is 0 Å². The number of aryl methyl sites for hydroxylation is 1. The van der Waals surface area contributed by atoms with Gasteiger partial charge in [-0.25, -0.2) is 4.79 Å². The first-order valence-electron chi connectivity index (χ1n) is 16.8. The zero-order valence-corrected chi connectivity index (χ0v) is 27.0. The van der Waals surface area contributed by atoms with Gasteiger partial charge < -0.3 is 25.2 Å². The van der Waals surface area contributed by atoms with Gasteiger partial charge in [-0.2, -0.15) is 0 Å². The first kappa shape index (κ1) is 33.2. The minimum Gasteiger partial charge on any atom is -0.445 e. The van der Waals surface area contributed by atoms with E-state index in [1.54, 1.807) is 0 Å². The van der Waals surface area contributed by atoms with Gasteiger partial charge in [0.15, 0.2) is 0 Å². The highest BCUT2D eigenvalue weighted by atomic mass is 16.5. The summed E-state index contributed by atoms with van der Waals surface area (Å²) in [5.41, 5.74) is 2.66. The Morgan fingerprint density at radius 3 is 2.09 bits per heavy atom. The average molecular weight is 625 g/mol. The number of nitrogens with zero attached hydrogens (tertiary/aromatic N) is 2. The molecular formula is C38H48N4O4. The van der Waals surface area contributed by atoms with E-state index in [2.05, 4.69) is 58.9 Å². The number of carbonyl (C=O) groups excluding carboxylic acids is 3. The summed E-state index contributed by atoms with van der Waals surface area (Å²) in [7, 11) is 0. The quantitative estimate of drug-likeness (QED) is 0.231. The van der Waals surface area contributed by atoms with Crippen LogP contribution in [0, 0.1) is 0 Å². The van der Waals surface area contributed by atoms with Crippen molar-refractivity contribution in [3.05, 3.63) is 108 Å². The fourth-order valence-electron chi connectivity index (χ4n) is 6.81. The van der Waals surface area contributed by atoms with Crippen molar-refractivity contribution in [1.82, 2.24) is 20.4 Å². The molecular weight excluding hydrogens is 576 g/mol. The van der Waals surface area contributed by atoms with Gasteiger partial charge in [0, 0.05) is 32.2 Å². The Morgan fingerprint density at radius 2 is 1.46 bits per heavy atom. The normalized spacial score (nSPS) is 18.6. The van der Waals surface area contributed by atoms with E-state index in [-0.39, 0.29) is 24.5 Å². The standard InChI is InChI=1S/C38H48N4O4/c1-30(20-21-31-13-5-2-6-14-31)42-35(43)34(19-11-12-25-39-37(45)46-29-33-17-9-4-10-18-33)40-36(44)38(42)23-27-41(28-24-38)26-22-32-15-7-3-8-16-32/h2-10,13-18,30,34H,11-12,19-29H2,1H3,(H,39,45)(H,40,44)/t30?,34-/m0/s1. The maximum atomic E-state index is 14.2. The third-order valence-corrected chi connectivity index (χ3v) is 9.50. The predicted molar refractivity (Wildman–Crippen MR) is 180 cm³/mol. The highest BCUT2D eigenvalue weighted by molar-refractivity contribution is 6.00. The van der Waals surface area contributed by atoms with Crippen LogP contribution in [0.25, 0.3) is 0 Å². The number of carbonyl (C=O) groups is 3. The molecule has 3 aromatic carbocycles. The van der Waals surface area contributed by atoms with Crippen molar-refractivity contribution in [3.8, 4) is 0 Å². The van der Waals surface area contributed by atoms with E-state index in [4.69, 9.17) is 4.74 Å². The molecule has 2 saturated heterocycles. The van der Waals surface area contributed by atoms with E-state index in [0.717, 1.165) is 44.5 Å². The Hall–Kier alpha value is -4.17. The van der Waals surface area contributed by atoms with Crippen molar-refractivity contribution in [2.45, 2.75) is 82.5 Å². The van der Waals surface area contributed by atoms with Crippen molar-refractivity contribution < 1.29 is 19.1 Å². The van der Waals surface area contributed by atoms with Gasteiger partial charge in [0.2, 0.25) is 11.8 Å². The smallest absolute Gasteiger partial charge is 0.407 e. The number of hydrogen-bond acceptors (Lipinski definition) is 5. The molecule has 2 atom stereocenters. The Morgan fingerprint density at radius 1 is 0.870 bits per heavy atom. The van der Waals surface area contributed by atoms with Crippen molar-refractivity contribution in [3.63, 3.8) is 0 Å². The zero-order chi connectivity index (χ0) is 32.2. The summed E-state index contributed by atoms with van der Waals surface area (Å²) < 4.78 is 5.29. The summed E-state index contributed by atoms with van der Waals surface area (Å²) in [6, 6.07) is 29.8. The number of rotatable bonds is 14. The molecule has 2 aliphatic rings. The number of benzene rings is 3. The van der Waals surface area contributed by atoms with Gasteiger partial charge in [0.25, 0.3) is 0 Å². The van der Waals surface area contributed by atoms with Crippen LogP contribution in [0.3, 0.4) is 0 Å². The Labute approximate surface area is 273 Å². The lowest BCUT2D eigenvalue weighted by Gasteiger charge is -2.54. The molecule has 5 rings (SSSR count). The third-order valence-electron chi connectivity index (χ3n) is 9.50. The van der Waals surface area contributed by atoms with Gasteiger partial charge in [-0.15, -0.1) is 0 Å². The summed E-state index contributed by atoms with van der Waals surface area (Å²) >= 11 is 0. The molecule has 3 amide bonds. The summed E-state index contributed by atoms with van der Waals surface area (Å²) in [6.07, 6.45) is 5.35. The topological polar surface area (TPSA) is 91.0 Å². The lowest BCUT2D eigenvalue weighted by Crippen LogP contribution is -2.74. The van der Waals surface area contributed by atoms with E-state index in [1.807, 2.05) is 59.5 Å². The van der Waals surface area contributed by atoms with Crippen LogP contribution in [0.1, 0.15) is 62.1 Å². The second kappa shape index (κ2) is 16.4. The fourth-order valence-corrected chi connectivity index (χ4v) is 6.81. The van der Waals surface area contributed by atoms with Crippen LogP contribution in [0.15, 0.2) is 91.0 Å². The molecule has 2 heterocycles. The number of amides is 3. The molecule has 2 fully saturated rings. The first-order chi connectivity index (χ1) is 22.4. The summed E-state index contributed by atoms with van der Waals surface area (Å²) in [5.74, 6) is 0.00196. The SMILES string of the molecule is CC(CCc1ccccc1)N1C(=O)[C@H](CCCCNC(=O)OCc2ccccc2)NC(=O)C12CCN(CCc1ccccc1)CC2. The van der Waals surface area contributed by atoms with Crippen LogP contribution in [0.2, 0.25) is 0 Å². The molecule has 8 heteroatoms. The summed E-state index contributed by atoms with van der Waals surface area (Å²) in [5, 5.41) is 5.93. The maximum Gasteiger partial charge on any atom is 0.407 e. The number of hydrogen-bond donors (Lipinski definition) is 2. The number of unbranched alkanes of at least 4 members (excludes halogenated alkanes) is 1. The number of ether oxygens (including phenoxy) is 1. The van der Waals surface area contributed by atoms with E-state index in [1.165, 1.54) is 11.1 Å². The number of piperidine rings is 1. The van der Waals surface area contributed by atoms with Crippen LogP contribution in [0.4, 0.5) is 4.79 Å². The highest BCUT2D eigenvalue weighted by Crippen LogP contribution is 2.36. The zero-order valence-electron chi connectivity index (χ0n) is 27.0. The van der Waals surface area contributed by atoms with Gasteiger partial charge in [0.05, 0.1) is 0 Å². The van der Waals surface area contributed by atoms with Gasteiger partial charge >= 0.3 is 6.09 Å². The van der Waals surface area contributed by atoms with Crippen molar-refractivity contribution >= 4 is 17.9 Å². The van der Waals surface area contributed by atoms with Crippen molar-refractivity contribution in [2.75, 3.05) is 26.2 Å². The molecule has 1 spiro atoms. The second-order valence-corrected chi connectivity index (χ2v) is 12.7. The molecule has 244 valence electrons. The van der Waals surface area contributed by atoms with Gasteiger partial charge in [-0.05, 0) is 75.0 Å². The molecule has 0 radical (unpaired) electrons. The molecule has 2 N–H and O–H groups in total. The minimum absolute atomic E-state index is 0.0195. The van der Waals surface area contributed by atoms with Crippen LogP contribution < -0.4 is 10.6 Å². The number of nitrogens with one attached hydrogen (secondary N) is 2. The molecule has 0 aromatic heterocycles. The third kappa shape index (κ3) is 8.75. The number of likely N-dealkylation sites (tertiary alicyclic amines) is 1. The Bertz CT molecular complexity index is 1390. The maximum absolute atomic E-state index is 14.2. The average Bonchev–Trinajstić information content (AvgIpc) is 3.09. The fraction of sp³-hybridized carbons (Fsp3) is 0.447. The van der Waals surface area contributed by atoms with E-state index in [9.17, 15) is 14.4 Å². The molecule has 3 aromatic rings. The van der Waals surface area contributed by atoms with Crippen molar-refractivity contribution in [1.29, 1.82) is 0 Å².